The van der Waals surface area contributed by atoms with Gasteiger partial charge in [-0.15, -0.1) is 0 Å². The fourth-order valence-electron chi connectivity index (χ4n) is 3.75. The number of nitrogens with one attached hydrogen (secondary N) is 1. The van der Waals surface area contributed by atoms with Gasteiger partial charge in [0, 0.05) is 42.0 Å². The number of aromatic nitrogens is 1. The second-order valence-corrected chi connectivity index (χ2v) is 7.99. The van der Waals surface area contributed by atoms with E-state index in [0.717, 1.165) is 60.7 Å². The van der Waals surface area contributed by atoms with Gasteiger partial charge in [0.15, 0.2) is 0 Å². The number of fused-ring (bicyclic) bond motifs is 1. The number of pyridine rings is 1. The summed E-state index contributed by atoms with van der Waals surface area (Å²) < 4.78 is 5.40. The number of rotatable bonds is 7. The molecule has 0 saturated carbocycles. The van der Waals surface area contributed by atoms with Gasteiger partial charge in [0.05, 0.1) is 25.3 Å². The lowest BCUT2D eigenvalue weighted by atomic mass is 10.1. The summed E-state index contributed by atoms with van der Waals surface area (Å²) in [5, 5.41) is 4.52. The van der Waals surface area contributed by atoms with Crippen LogP contribution in [0, 0.1) is 0 Å². The molecule has 1 aliphatic rings. The van der Waals surface area contributed by atoms with E-state index >= 15 is 0 Å². The Morgan fingerprint density at radius 1 is 1.16 bits per heavy atom. The molecule has 162 valence electrons. The summed E-state index contributed by atoms with van der Waals surface area (Å²) >= 11 is 6.40. The molecule has 3 aromatic rings. The molecule has 1 aliphatic heterocycles. The number of para-hydroxylation sites is 1. The van der Waals surface area contributed by atoms with Crippen molar-refractivity contribution in [3.63, 3.8) is 0 Å². The Morgan fingerprint density at radius 3 is 2.65 bits per heavy atom. The summed E-state index contributed by atoms with van der Waals surface area (Å²) in [7, 11) is 0. The molecule has 2 heterocycles. The Kier molecular flexibility index (Phi) is 7.02. The molecule has 0 unspecified atom stereocenters. The molecule has 0 atom stereocenters. The maximum atomic E-state index is 12.6. The third-order valence-corrected chi connectivity index (χ3v) is 5.81. The first-order chi connectivity index (χ1) is 15.1. The van der Waals surface area contributed by atoms with Crippen LogP contribution in [0.15, 0.2) is 54.6 Å². The summed E-state index contributed by atoms with van der Waals surface area (Å²) in [5.74, 6) is -0.0501. The monoisotopic (exact) mass is 438 g/mol. The smallest absolute Gasteiger partial charge is 0.238 e. The van der Waals surface area contributed by atoms with Gasteiger partial charge in [0.1, 0.15) is 5.15 Å². The first-order valence-corrected chi connectivity index (χ1v) is 11.0. The summed E-state index contributed by atoms with van der Waals surface area (Å²) in [6, 6.07) is 17.9. The summed E-state index contributed by atoms with van der Waals surface area (Å²) in [6.07, 6.45) is 0. The quantitative estimate of drug-likeness (QED) is 0.560. The lowest BCUT2D eigenvalue weighted by Crippen LogP contribution is -2.36. The largest absolute Gasteiger partial charge is 0.378 e. The zero-order valence-electron chi connectivity index (χ0n) is 17.7. The average molecular weight is 439 g/mol. The van der Waals surface area contributed by atoms with Gasteiger partial charge in [-0.05, 0) is 42.9 Å². The molecule has 1 fully saturated rings. The van der Waals surface area contributed by atoms with Crippen molar-refractivity contribution in [2.75, 3.05) is 49.6 Å². The number of benzene rings is 2. The van der Waals surface area contributed by atoms with Crippen LogP contribution in [-0.2, 0) is 16.1 Å². The molecule has 1 amide bonds. The molecular formula is C24H27ClN4O2. The Morgan fingerprint density at radius 2 is 1.90 bits per heavy atom. The van der Waals surface area contributed by atoms with Gasteiger partial charge in [0.2, 0.25) is 5.91 Å². The number of ether oxygens (including phenoxy) is 1. The third-order valence-electron chi connectivity index (χ3n) is 5.49. The second kappa shape index (κ2) is 10.1. The number of hydrogen-bond donors (Lipinski definition) is 1. The van der Waals surface area contributed by atoms with E-state index in [1.165, 1.54) is 0 Å². The van der Waals surface area contributed by atoms with Crippen molar-refractivity contribution in [2.24, 2.45) is 0 Å². The summed E-state index contributed by atoms with van der Waals surface area (Å²) in [6.45, 7) is 6.90. The molecule has 1 aromatic heterocycles. The minimum atomic E-state index is -0.0501. The lowest BCUT2D eigenvalue weighted by Gasteiger charge is -2.29. The third kappa shape index (κ3) is 5.53. The van der Waals surface area contributed by atoms with Gasteiger partial charge in [-0.1, -0.05) is 36.7 Å². The predicted molar refractivity (Wildman–Crippen MR) is 126 cm³/mol. The zero-order chi connectivity index (χ0) is 21.6. The fraction of sp³-hybridized carbons (Fsp3) is 0.333. The van der Waals surface area contributed by atoms with Crippen LogP contribution >= 0.6 is 11.6 Å². The van der Waals surface area contributed by atoms with Crippen molar-refractivity contribution < 1.29 is 9.53 Å². The standard InChI is InChI=1S/C24H27ClN4O2/c1-2-28(16-19-15-18-5-3-4-6-22(18)27-24(19)25)17-23(30)26-20-7-9-21(10-8-20)29-11-13-31-14-12-29/h3-10,15H,2,11-14,16-17H2,1H3,(H,26,30). The number of carbonyl (C=O) groups excluding carboxylic acids is 1. The van der Waals surface area contributed by atoms with E-state index in [1.807, 2.05) is 55.5 Å². The summed E-state index contributed by atoms with van der Waals surface area (Å²) in [4.78, 5) is 21.4. The van der Waals surface area contributed by atoms with Gasteiger partial charge in [0.25, 0.3) is 0 Å². The highest BCUT2D eigenvalue weighted by Crippen LogP contribution is 2.22. The molecule has 4 rings (SSSR count). The minimum Gasteiger partial charge on any atom is -0.378 e. The number of carbonyl (C=O) groups is 1. The Bertz CT molecular complexity index is 1040. The normalized spacial score (nSPS) is 14.2. The zero-order valence-corrected chi connectivity index (χ0v) is 18.4. The van der Waals surface area contributed by atoms with Gasteiger partial charge < -0.3 is 15.0 Å². The Labute approximate surface area is 187 Å². The molecule has 31 heavy (non-hydrogen) atoms. The van der Waals surface area contributed by atoms with Crippen LogP contribution in [0.25, 0.3) is 10.9 Å². The van der Waals surface area contributed by atoms with Gasteiger partial charge >= 0.3 is 0 Å². The van der Waals surface area contributed by atoms with Crippen LogP contribution in [0.5, 0.6) is 0 Å². The first-order valence-electron chi connectivity index (χ1n) is 10.6. The van der Waals surface area contributed by atoms with Crippen LogP contribution in [0.1, 0.15) is 12.5 Å². The number of likely N-dealkylation sites (N-methyl/N-ethyl adjacent to an activating group) is 1. The molecule has 0 spiro atoms. The minimum absolute atomic E-state index is 0.0501. The van der Waals surface area contributed by atoms with E-state index in [0.29, 0.717) is 11.7 Å². The highest BCUT2D eigenvalue weighted by atomic mass is 35.5. The van der Waals surface area contributed by atoms with Crippen molar-refractivity contribution in [3.05, 3.63) is 65.3 Å². The van der Waals surface area contributed by atoms with E-state index < -0.39 is 0 Å². The first kappa shape index (κ1) is 21.6. The highest BCUT2D eigenvalue weighted by molar-refractivity contribution is 6.30. The molecule has 0 bridgehead atoms. The van der Waals surface area contributed by atoms with Crippen molar-refractivity contribution in [2.45, 2.75) is 13.5 Å². The van der Waals surface area contributed by atoms with E-state index in [-0.39, 0.29) is 12.5 Å². The lowest BCUT2D eigenvalue weighted by molar-refractivity contribution is -0.117. The van der Waals surface area contributed by atoms with Crippen molar-refractivity contribution >= 4 is 39.8 Å². The predicted octanol–water partition coefficient (Wildman–Crippen LogP) is 4.19. The molecule has 7 heteroatoms. The van der Waals surface area contributed by atoms with E-state index in [9.17, 15) is 4.79 Å². The number of halogens is 1. The maximum Gasteiger partial charge on any atom is 0.238 e. The Balaban J connectivity index is 1.36. The molecule has 0 aliphatic carbocycles. The maximum absolute atomic E-state index is 12.6. The van der Waals surface area contributed by atoms with Gasteiger partial charge in [-0.25, -0.2) is 4.98 Å². The van der Waals surface area contributed by atoms with E-state index in [1.54, 1.807) is 0 Å². The molecule has 0 radical (unpaired) electrons. The van der Waals surface area contributed by atoms with Crippen LogP contribution in [0.4, 0.5) is 11.4 Å². The van der Waals surface area contributed by atoms with Crippen molar-refractivity contribution in [1.29, 1.82) is 0 Å². The van der Waals surface area contributed by atoms with Crippen LogP contribution < -0.4 is 10.2 Å². The average Bonchev–Trinajstić information content (AvgIpc) is 2.80. The van der Waals surface area contributed by atoms with Crippen molar-refractivity contribution in [3.8, 4) is 0 Å². The molecule has 6 nitrogen and oxygen atoms in total. The number of amides is 1. The number of hydrogen-bond acceptors (Lipinski definition) is 5. The second-order valence-electron chi connectivity index (χ2n) is 7.63. The van der Waals surface area contributed by atoms with Gasteiger partial charge in [-0.3, -0.25) is 9.69 Å². The topological polar surface area (TPSA) is 57.7 Å². The van der Waals surface area contributed by atoms with Crippen LogP contribution in [0.2, 0.25) is 5.15 Å². The highest BCUT2D eigenvalue weighted by Gasteiger charge is 2.14. The molecular weight excluding hydrogens is 412 g/mol. The fourth-order valence-corrected chi connectivity index (χ4v) is 3.95. The van der Waals surface area contributed by atoms with Crippen molar-refractivity contribution in [1.82, 2.24) is 9.88 Å². The van der Waals surface area contributed by atoms with E-state index in [4.69, 9.17) is 16.3 Å². The van der Waals surface area contributed by atoms with Gasteiger partial charge in [-0.2, -0.15) is 0 Å². The molecule has 1 saturated heterocycles. The number of anilines is 2. The number of morpholine rings is 1. The number of nitrogens with zero attached hydrogens (tertiary/aromatic N) is 3. The summed E-state index contributed by atoms with van der Waals surface area (Å²) in [5.41, 5.74) is 3.74. The SMILES string of the molecule is CCN(CC(=O)Nc1ccc(N2CCOCC2)cc1)Cc1cc2ccccc2nc1Cl. The van der Waals surface area contributed by atoms with Crippen LogP contribution in [-0.4, -0.2) is 55.2 Å². The molecule has 1 N–H and O–H groups in total. The van der Waals surface area contributed by atoms with Crippen LogP contribution in [0.3, 0.4) is 0 Å². The molecule has 2 aromatic carbocycles. The van der Waals surface area contributed by atoms with E-state index in [2.05, 4.69) is 26.2 Å². The Hall–Kier alpha value is -2.67.